The summed E-state index contributed by atoms with van der Waals surface area (Å²) >= 11 is 0. The van der Waals surface area contributed by atoms with E-state index in [4.69, 9.17) is 14.2 Å². The van der Waals surface area contributed by atoms with Crippen LogP contribution >= 0.6 is 0 Å². The third-order valence-electron chi connectivity index (χ3n) is 7.15. The van der Waals surface area contributed by atoms with Crippen molar-refractivity contribution in [1.82, 2.24) is 19.8 Å². The molecule has 1 amide bonds. The molecule has 2 aromatic heterocycles. The highest BCUT2D eigenvalue weighted by molar-refractivity contribution is 5.99. The fraction of sp³-hybridized carbons (Fsp3) is 0.423. The molecule has 2 N–H and O–H groups in total. The van der Waals surface area contributed by atoms with E-state index in [1.807, 2.05) is 23.1 Å². The second-order valence-electron chi connectivity index (χ2n) is 9.22. The molecule has 0 spiro atoms. The number of nitrogens with zero attached hydrogens (tertiary/aromatic N) is 4. The second kappa shape index (κ2) is 9.68. The fourth-order valence-electron chi connectivity index (χ4n) is 5.26. The highest BCUT2D eigenvalue weighted by Crippen LogP contribution is 2.42. The second-order valence-corrected chi connectivity index (χ2v) is 9.22. The standard InChI is InChI=1S/C26H28N6O4/c27-15-17-16-28-25-19(17)2-4-22(30-25)29-21-3-1-20(23-24(21)36-14-13-35-23)26(33)32-7-5-18(6-8-32)31-9-11-34-12-10-31/h1-4,16,18H,5-14H2,(H2,28,29,30). The molecule has 3 aliphatic rings. The number of hydrogen-bond donors (Lipinski definition) is 2. The summed E-state index contributed by atoms with van der Waals surface area (Å²) in [6.45, 7) is 5.76. The summed E-state index contributed by atoms with van der Waals surface area (Å²) < 4.78 is 17.4. The number of carbonyl (C=O) groups is 1. The summed E-state index contributed by atoms with van der Waals surface area (Å²) in [5.74, 6) is 1.55. The van der Waals surface area contributed by atoms with Crippen molar-refractivity contribution in [2.75, 3.05) is 57.9 Å². The zero-order valence-corrected chi connectivity index (χ0v) is 20.0. The third-order valence-corrected chi connectivity index (χ3v) is 7.15. The van der Waals surface area contributed by atoms with Crippen LogP contribution in [0.5, 0.6) is 11.5 Å². The van der Waals surface area contributed by atoms with Gasteiger partial charge < -0.3 is 29.4 Å². The molecule has 186 valence electrons. The average Bonchev–Trinajstić information content (AvgIpc) is 3.36. The normalized spacial score (nSPS) is 18.7. The van der Waals surface area contributed by atoms with Gasteiger partial charge in [-0.15, -0.1) is 0 Å². The Morgan fingerprint density at radius 1 is 1.03 bits per heavy atom. The largest absolute Gasteiger partial charge is 0.485 e. The van der Waals surface area contributed by atoms with Crippen molar-refractivity contribution in [3.8, 4) is 17.6 Å². The van der Waals surface area contributed by atoms with Crippen molar-refractivity contribution in [3.63, 3.8) is 0 Å². The molecular formula is C26H28N6O4. The van der Waals surface area contributed by atoms with Gasteiger partial charge in [-0.3, -0.25) is 9.69 Å². The molecule has 0 unspecified atom stereocenters. The van der Waals surface area contributed by atoms with Crippen molar-refractivity contribution in [2.24, 2.45) is 0 Å². The molecule has 2 saturated heterocycles. The molecule has 2 fully saturated rings. The van der Waals surface area contributed by atoms with Crippen molar-refractivity contribution in [3.05, 3.63) is 41.6 Å². The zero-order chi connectivity index (χ0) is 24.5. The van der Waals surface area contributed by atoms with Crippen LogP contribution in [0.15, 0.2) is 30.5 Å². The molecular weight excluding hydrogens is 460 g/mol. The number of benzene rings is 1. The Hall–Kier alpha value is -3.81. The Balaban J connectivity index is 1.20. The summed E-state index contributed by atoms with van der Waals surface area (Å²) in [7, 11) is 0. The predicted molar refractivity (Wildman–Crippen MR) is 133 cm³/mol. The van der Waals surface area contributed by atoms with Crippen LogP contribution in [0.3, 0.4) is 0 Å². The van der Waals surface area contributed by atoms with Gasteiger partial charge in [0.15, 0.2) is 11.5 Å². The molecule has 3 aromatic rings. The maximum atomic E-state index is 13.5. The lowest BCUT2D eigenvalue weighted by Gasteiger charge is -2.40. The Labute approximate surface area is 208 Å². The van der Waals surface area contributed by atoms with E-state index >= 15 is 0 Å². The molecule has 10 nitrogen and oxygen atoms in total. The Morgan fingerprint density at radius 3 is 2.58 bits per heavy atom. The first-order chi connectivity index (χ1) is 17.7. The number of hydrogen-bond acceptors (Lipinski definition) is 8. The van der Waals surface area contributed by atoms with Crippen LogP contribution in [0.1, 0.15) is 28.8 Å². The van der Waals surface area contributed by atoms with E-state index in [1.165, 1.54) is 0 Å². The molecule has 36 heavy (non-hydrogen) atoms. The van der Waals surface area contributed by atoms with Gasteiger partial charge in [-0.1, -0.05) is 0 Å². The number of morpholine rings is 1. The van der Waals surface area contributed by atoms with Gasteiger partial charge in [-0.2, -0.15) is 5.26 Å². The number of amides is 1. The van der Waals surface area contributed by atoms with Crippen LogP contribution in [0.4, 0.5) is 11.5 Å². The molecule has 10 heteroatoms. The number of aromatic nitrogens is 2. The maximum Gasteiger partial charge on any atom is 0.257 e. The van der Waals surface area contributed by atoms with E-state index in [0.29, 0.717) is 59.0 Å². The number of rotatable bonds is 4. The molecule has 0 radical (unpaired) electrons. The lowest BCUT2D eigenvalue weighted by molar-refractivity contribution is 0.00152. The first-order valence-electron chi connectivity index (χ1n) is 12.4. The summed E-state index contributed by atoms with van der Waals surface area (Å²) in [4.78, 5) is 25.5. The molecule has 3 aliphatic heterocycles. The average molecular weight is 489 g/mol. The van der Waals surface area contributed by atoms with Crippen molar-refractivity contribution >= 4 is 28.4 Å². The summed E-state index contributed by atoms with van der Waals surface area (Å²) in [6, 6.07) is 9.95. The monoisotopic (exact) mass is 488 g/mol. The van der Waals surface area contributed by atoms with E-state index in [1.54, 1.807) is 12.3 Å². The number of aromatic amines is 1. The summed E-state index contributed by atoms with van der Waals surface area (Å²) in [5, 5.41) is 13.3. The third kappa shape index (κ3) is 4.21. The molecule has 0 atom stereocenters. The molecule has 1 aromatic carbocycles. The van der Waals surface area contributed by atoms with Crippen LogP contribution in [0.25, 0.3) is 11.0 Å². The molecule has 0 aliphatic carbocycles. The number of fused-ring (bicyclic) bond motifs is 2. The minimum absolute atomic E-state index is 0.0290. The van der Waals surface area contributed by atoms with E-state index < -0.39 is 0 Å². The van der Waals surface area contributed by atoms with Gasteiger partial charge in [-0.05, 0) is 37.1 Å². The SMILES string of the molecule is N#Cc1c[nH]c2nc(Nc3ccc(C(=O)N4CCC(N5CCOCC5)CC4)c4c3OCCO4)ccc12. The van der Waals surface area contributed by atoms with Crippen LogP contribution in [0.2, 0.25) is 0 Å². The number of anilines is 2. The Kier molecular flexibility index (Phi) is 6.09. The maximum absolute atomic E-state index is 13.5. The van der Waals surface area contributed by atoms with Gasteiger partial charge in [-0.25, -0.2) is 4.98 Å². The van der Waals surface area contributed by atoms with E-state index in [0.717, 1.165) is 57.6 Å². The van der Waals surface area contributed by atoms with Crippen LogP contribution in [-0.2, 0) is 4.74 Å². The van der Waals surface area contributed by atoms with Gasteiger partial charge in [0.25, 0.3) is 5.91 Å². The topological polar surface area (TPSA) is 116 Å². The van der Waals surface area contributed by atoms with E-state index in [9.17, 15) is 10.1 Å². The van der Waals surface area contributed by atoms with Crippen molar-refractivity contribution in [1.29, 1.82) is 5.26 Å². The lowest BCUT2D eigenvalue weighted by atomic mass is 10.0. The van der Waals surface area contributed by atoms with Gasteiger partial charge >= 0.3 is 0 Å². The number of nitrogens with one attached hydrogen (secondary N) is 2. The highest BCUT2D eigenvalue weighted by atomic mass is 16.6. The molecule has 0 saturated carbocycles. The highest BCUT2D eigenvalue weighted by Gasteiger charge is 2.31. The van der Waals surface area contributed by atoms with Crippen molar-refractivity contribution in [2.45, 2.75) is 18.9 Å². The first kappa shape index (κ1) is 22.6. The number of pyridine rings is 1. The lowest BCUT2D eigenvalue weighted by Crippen LogP contribution is -2.50. The van der Waals surface area contributed by atoms with Crippen LogP contribution in [-0.4, -0.2) is 84.3 Å². The number of ether oxygens (including phenoxy) is 3. The fourth-order valence-corrected chi connectivity index (χ4v) is 5.26. The number of carbonyl (C=O) groups excluding carboxylic acids is 1. The summed E-state index contributed by atoms with van der Waals surface area (Å²) in [6.07, 6.45) is 3.57. The zero-order valence-electron chi connectivity index (χ0n) is 20.0. The molecule has 0 bridgehead atoms. The Bertz CT molecular complexity index is 1320. The van der Waals surface area contributed by atoms with Gasteiger partial charge in [0.1, 0.15) is 30.7 Å². The quantitative estimate of drug-likeness (QED) is 0.576. The van der Waals surface area contributed by atoms with E-state index in [2.05, 4.69) is 26.3 Å². The molecule has 6 rings (SSSR count). The van der Waals surface area contributed by atoms with Gasteiger partial charge in [0.05, 0.1) is 30.0 Å². The Morgan fingerprint density at radius 2 is 1.81 bits per heavy atom. The molecule has 5 heterocycles. The van der Waals surface area contributed by atoms with Crippen LogP contribution < -0.4 is 14.8 Å². The minimum atomic E-state index is -0.0290. The number of likely N-dealkylation sites (tertiary alicyclic amines) is 1. The predicted octanol–water partition coefficient (Wildman–Crippen LogP) is 2.89. The van der Waals surface area contributed by atoms with E-state index in [-0.39, 0.29) is 5.91 Å². The van der Waals surface area contributed by atoms with Crippen molar-refractivity contribution < 1.29 is 19.0 Å². The van der Waals surface area contributed by atoms with Crippen LogP contribution in [0, 0.1) is 11.3 Å². The first-order valence-corrected chi connectivity index (χ1v) is 12.4. The number of piperidine rings is 1. The minimum Gasteiger partial charge on any atom is -0.485 e. The number of nitriles is 1. The number of H-pyrrole nitrogens is 1. The summed E-state index contributed by atoms with van der Waals surface area (Å²) in [5.41, 5.74) is 2.36. The van der Waals surface area contributed by atoms with Gasteiger partial charge in [0, 0.05) is 43.8 Å². The smallest absolute Gasteiger partial charge is 0.257 e. The van der Waals surface area contributed by atoms with Gasteiger partial charge in [0.2, 0.25) is 0 Å².